The molecule has 29 heavy (non-hydrogen) atoms. The lowest BCUT2D eigenvalue weighted by Gasteiger charge is -2.28. The summed E-state index contributed by atoms with van der Waals surface area (Å²) >= 11 is 0. The van der Waals surface area contributed by atoms with Gasteiger partial charge in [-0.25, -0.2) is 0 Å². The van der Waals surface area contributed by atoms with Crippen LogP contribution in [0.4, 0.5) is 5.69 Å². The molecule has 5 rings (SSSR count). The Kier molecular flexibility index (Phi) is 4.03. The summed E-state index contributed by atoms with van der Waals surface area (Å²) in [5.41, 5.74) is 5.62. The van der Waals surface area contributed by atoms with Crippen LogP contribution in [0.15, 0.2) is 24.3 Å². The van der Waals surface area contributed by atoms with Crippen LogP contribution in [0.3, 0.4) is 0 Å². The highest BCUT2D eigenvalue weighted by atomic mass is 16.2. The fourth-order valence-electron chi connectivity index (χ4n) is 6.04. The van der Waals surface area contributed by atoms with Crippen LogP contribution in [0.25, 0.3) is 0 Å². The van der Waals surface area contributed by atoms with E-state index in [1.165, 1.54) is 4.90 Å². The Labute approximate surface area is 168 Å². The number of hydrogen-bond acceptors (Lipinski definition) is 4. The Bertz CT molecular complexity index is 925. The first-order valence-electron chi connectivity index (χ1n) is 10.4. The topological polar surface area (TPSA) is 126 Å². The molecule has 8 heteroatoms. The average molecular weight is 397 g/mol. The van der Waals surface area contributed by atoms with Crippen molar-refractivity contribution in [3.63, 3.8) is 0 Å². The maximum atomic E-state index is 13.6. The second-order valence-electron chi connectivity index (χ2n) is 8.69. The van der Waals surface area contributed by atoms with Gasteiger partial charge in [0.25, 0.3) is 5.91 Å². The number of para-hydroxylation sites is 1. The highest BCUT2D eigenvalue weighted by Crippen LogP contribution is 2.50. The molecule has 0 radical (unpaired) electrons. The Morgan fingerprint density at radius 3 is 2.62 bits per heavy atom. The van der Waals surface area contributed by atoms with E-state index in [9.17, 15) is 19.2 Å². The number of carbonyl (C=O) groups is 4. The van der Waals surface area contributed by atoms with E-state index >= 15 is 0 Å². The number of nitrogens with one attached hydrogen (secondary N) is 1. The number of fused-ring (bicyclic) bond motifs is 4. The number of likely N-dealkylation sites (tertiary alicyclic amines) is 1. The van der Waals surface area contributed by atoms with Crippen molar-refractivity contribution < 1.29 is 24.5 Å². The fraction of sp³-hybridized carbons (Fsp3) is 0.524. The quantitative estimate of drug-likeness (QED) is 0.597. The SMILES string of the molecule is NC(=O)CC[C@H]1[NH2+][C@]2(C(=O)Nc3ccccc32)[C@@H]2C(=O)N(C3CCCC3)C(=O)[C@@H]21. The smallest absolute Gasteiger partial charge is 0.291 e. The Hall–Kier alpha value is -2.74. The van der Waals surface area contributed by atoms with Gasteiger partial charge in [-0.15, -0.1) is 0 Å². The summed E-state index contributed by atoms with van der Waals surface area (Å²) in [6, 6.07) is 6.93. The normalized spacial score (nSPS) is 33.4. The largest absolute Gasteiger partial charge is 0.370 e. The van der Waals surface area contributed by atoms with Gasteiger partial charge in [0, 0.05) is 24.4 Å². The van der Waals surface area contributed by atoms with Crippen molar-refractivity contribution in [1.82, 2.24) is 4.90 Å². The second-order valence-corrected chi connectivity index (χ2v) is 8.69. The maximum absolute atomic E-state index is 13.6. The van der Waals surface area contributed by atoms with Crippen molar-refractivity contribution in [3.8, 4) is 0 Å². The molecular weight excluding hydrogens is 372 g/mol. The van der Waals surface area contributed by atoms with Gasteiger partial charge < -0.3 is 16.4 Å². The standard InChI is InChI=1S/C21H24N4O4/c22-15(26)10-9-14-16-17(19(28)25(18(16)27)11-5-1-2-6-11)21(24-14)12-7-3-4-8-13(12)23-20(21)29/h3-4,7-8,11,14,16-17,24H,1-2,5-6,9-10H2,(H2,22,26)(H,23,29)/p+1/t14-,16-,17+,21+/m1/s1. The Morgan fingerprint density at radius 2 is 1.90 bits per heavy atom. The van der Waals surface area contributed by atoms with E-state index < -0.39 is 23.3 Å². The van der Waals surface area contributed by atoms with Crippen molar-refractivity contribution in [1.29, 1.82) is 0 Å². The van der Waals surface area contributed by atoms with E-state index in [2.05, 4.69) is 5.32 Å². The number of carbonyl (C=O) groups excluding carboxylic acids is 4. The average Bonchev–Trinajstić information content (AvgIpc) is 3.42. The monoisotopic (exact) mass is 397 g/mol. The number of benzene rings is 1. The van der Waals surface area contributed by atoms with Crippen LogP contribution < -0.4 is 16.4 Å². The lowest BCUT2D eigenvalue weighted by Crippen LogP contribution is -2.99. The third kappa shape index (κ3) is 2.41. The molecule has 2 saturated heterocycles. The zero-order chi connectivity index (χ0) is 20.3. The first-order chi connectivity index (χ1) is 13.9. The molecule has 3 aliphatic heterocycles. The van der Waals surface area contributed by atoms with Crippen LogP contribution in [-0.4, -0.2) is 40.6 Å². The van der Waals surface area contributed by atoms with E-state index in [0.29, 0.717) is 12.1 Å². The van der Waals surface area contributed by atoms with E-state index in [0.717, 1.165) is 31.2 Å². The summed E-state index contributed by atoms with van der Waals surface area (Å²) in [6.07, 6.45) is 4.14. The minimum Gasteiger partial charge on any atom is -0.370 e. The van der Waals surface area contributed by atoms with Gasteiger partial charge in [0.1, 0.15) is 17.9 Å². The van der Waals surface area contributed by atoms with Gasteiger partial charge in [-0.2, -0.15) is 0 Å². The number of nitrogens with two attached hydrogens (primary N) is 2. The molecule has 1 saturated carbocycles. The molecule has 0 aromatic heterocycles. The minimum absolute atomic E-state index is 0.0749. The van der Waals surface area contributed by atoms with Gasteiger partial charge >= 0.3 is 0 Å². The lowest BCUT2D eigenvalue weighted by atomic mass is 9.76. The molecule has 1 aromatic carbocycles. The number of quaternary nitrogens is 1. The van der Waals surface area contributed by atoms with Crippen LogP contribution in [-0.2, 0) is 24.7 Å². The molecule has 152 valence electrons. The summed E-state index contributed by atoms with van der Waals surface area (Å²) in [6.45, 7) is 0. The molecule has 1 aromatic rings. The molecule has 3 heterocycles. The number of imide groups is 1. The van der Waals surface area contributed by atoms with Crippen LogP contribution in [0.1, 0.15) is 44.1 Å². The van der Waals surface area contributed by atoms with Crippen molar-refractivity contribution in [2.24, 2.45) is 17.6 Å². The van der Waals surface area contributed by atoms with Crippen LogP contribution in [0.5, 0.6) is 0 Å². The zero-order valence-corrected chi connectivity index (χ0v) is 16.1. The van der Waals surface area contributed by atoms with E-state index in [4.69, 9.17) is 5.73 Å². The molecule has 1 aliphatic carbocycles. The van der Waals surface area contributed by atoms with E-state index in [-0.39, 0.29) is 36.2 Å². The predicted molar refractivity (Wildman–Crippen MR) is 102 cm³/mol. The number of primary amides is 1. The van der Waals surface area contributed by atoms with Crippen LogP contribution in [0.2, 0.25) is 0 Å². The minimum atomic E-state index is -1.16. The highest BCUT2D eigenvalue weighted by Gasteiger charge is 2.74. The Morgan fingerprint density at radius 1 is 1.17 bits per heavy atom. The van der Waals surface area contributed by atoms with Gasteiger partial charge in [-0.1, -0.05) is 31.0 Å². The van der Waals surface area contributed by atoms with E-state index in [1.54, 1.807) is 0 Å². The molecule has 4 atom stereocenters. The van der Waals surface area contributed by atoms with Crippen molar-refractivity contribution >= 4 is 29.3 Å². The van der Waals surface area contributed by atoms with Gasteiger partial charge in [0.15, 0.2) is 0 Å². The third-order valence-corrected chi connectivity index (χ3v) is 7.22. The van der Waals surface area contributed by atoms with Gasteiger partial charge in [-0.3, -0.25) is 24.1 Å². The number of rotatable bonds is 4. The van der Waals surface area contributed by atoms with E-state index in [1.807, 2.05) is 29.6 Å². The summed E-state index contributed by atoms with van der Waals surface area (Å²) in [5, 5.41) is 4.76. The van der Waals surface area contributed by atoms with Gasteiger partial charge in [0.2, 0.25) is 23.3 Å². The molecular formula is C21H25N4O4+. The van der Waals surface area contributed by atoms with Crippen molar-refractivity contribution in [2.75, 3.05) is 5.32 Å². The fourth-order valence-corrected chi connectivity index (χ4v) is 6.04. The summed E-state index contributed by atoms with van der Waals surface area (Å²) in [5.74, 6) is -2.50. The highest BCUT2D eigenvalue weighted by molar-refractivity contribution is 6.14. The second kappa shape index (κ2) is 6.38. The summed E-state index contributed by atoms with van der Waals surface area (Å²) < 4.78 is 0. The summed E-state index contributed by atoms with van der Waals surface area (Å²) in [7, 11) is 0. The summed E-state index contributed by atoms with van der Waals surface area (Å²) in [4.78, 5) is 53.1. The third-order valence-electron chi connectivity index (χ3n) is 7.22. The number of anilines is 1. The Balaban J connectivity index is 1.61. The molecule has 4 amide bonds. The molecule has 1 spiro atoms. The molecule has 3 fully saturated rings. The molecule has 4 aliphatic rings. The number of nitrogens with zero attached hydrogens (tertiary/aromatic N) is 1. The van der Waals surface area contributed by atoms with Crippen LogP contribution >= 0.6 is 0 Å². The first-order valence-corrected chi connectivity index (χ1v) is 10.4. The molecule has 5 N–H and O–H groups in total. The first kappa shape index (κ1) is 18.3. The van der Waals surface area contributed by atoms with Gasteiger partial charge in [-0.05, 0) is 18.9 Å². The molecule has 8 nitrogen and oxygen atoms in total. The van der Waals surface area contributed by atoms with Crippen LogP contribution in [0, 0.1) is 11.8 Å². The van der Waals surface area contributed by atoms with Crippen molar-refractivity contribution in [2.45, 2.75) is 56.1 Å². The number of amides is 4. The van der Waals surface area contributed by atoms with Crippen molar-refractivity contribution in [3.05, 3.63) is 29.8 Å². The molecule has 0 unspecified atom stereocenters. The zero-order valence-electron chi connectivity index (χ0n) is 16.1. The number of hydrogen-bond donors (Lipinski definition) is 3. The van der Waals surface area contributed by atoms with Gasteiger partial charge in [0.05, 0.1) is 5.69 Å². The molecule has 0 bridgehead atoms. The maximum Gasteiger partial charge on any atom is 0.291 e. The lowest BCUT2D eigenvalue weighted by molar-refractivity contribution is -0.734. The predicted octanol–water partition coefficient (Wildman–Crippen LogP) is -0.411.